The lowest BCUT2D eigenvalue weighted by molar-refractivity contribution is -0.173. The Morgan fingerprint density at radius 3 is 2.54 bits per heavy atom. The number of nitrogens with one attached hydrogen (secondary N) is 1. The maximum atomic E-state index is 13.6. The van der Waals surface area contributed by atoms with Crippen LogP contribution in [-0.4, -0.2) is 73.6 Å². The Labute approximate surface area is 216 Å². The van der Waals surface area contributed by atoms with Crippen LogP contribution in [0.2, 0.25) is 0 Å². The van der Waals surface area contributed by atoms with Crippen molar-refractivity contribution in [2.24, 2.45) is 5.92 Å². The van der Waals surface area contributed by atoms with Crippen LogP contribution >= 0.6 is 0 Å². The molecule has 4 aliphatic carbocycles. The maximum absolute atomic E-state index is 13.6. The van der Waals surface area contributed by atoms with Crippen LogP contribution in [0.3, 0.4) is 0 Å². The number of nitrogens with zero attached hydrogens (tertiary/aromatic N) is 1. The number of aromatic hydroxyl groups is 1. The number of piperidine rings is 1. The highest BCUT2D eigenvalue weighted by atomic mass is 16.5. The van der Waals surface area contributed by atoms with Crippen molar-refractivity contribution in [3.8, 4) is 11.5 Å². The van der Waals surface area contributed by atoms with E-state index in [9.17, 15) is 30.0 Å². The summed E-state index contributed by atoms with van der Waals surface area (Å²) in [5.41, 5.74) is -2.03. The van der Waals surface area contributed by atoms with Gasteiger partial charge in [0.2, 0.25) is 0 Å². The lowest BCUT2D eigenvalue weighted by Gasteiger charge is -2.62. The van der Waals surface area contributed by atoms with Gasteiger partial charge in [0.25, 0.3) is 5.91 Å². The number of benzene rings is 1. The smallest absolute Gasteiger partial charge is 0.329 e. The number of carboxylic acid groups (broad SMARTS) is 1. The summed E-state index contributed by atoms with van der Waals surface area (Å²) in [5.74, 6) is -1.17. The second-order valence-corrected chi connectivity index (χ2v) is 11.8. The molecule has 7 rings (SSSR count). The van der Waals surface area contributed by atoms with Crippen LogP contribution in [0.15, 0.2) is 23.5 Å². The zero-order valence-corrected chi connectivity index (χ0v) is 20.1. The molecule has 0 aromatic heterocycles. The summed E-state index contributed by atoms with van der Waals surface area (Å²) in [5, 5.41) is 47.4. The highest BCUT2D eigenvalue weighted by Gasteiger charge is 2.73. The number of rotatable bonds is 5. The molecule has 2 heterocycles. The first-order valence-corrected chi connectivity index (χ1v) is 13.2. The molecule has 2 bridgehead atoms. The molecule has 0 radical (unpaired) electrons. The highest BCUT2D eigenvalue weighted by Crippen LogP contribution is 2.66. The number of carboxylic acids is 1. The largest absolute Gasteiger partial charge is 0.508 e. The standard InChI is InChI=1S/C27H32N2O7.CH4/c30-17-6-5-15-11-18-27(35)12-16(23(32)28-25(24(33)34)7-1-2-8-25)20(31)22-26(27,19(15)21(17)36-22)9-10-29(18)13-14-3-4-14;/h5-6,14,18,22,30-31,35H,1-4,7-13H2,(H,28,32)(H,33,34);1H4/t18-,22+,26+,27-;/m1./s1. The second-order valence-electron chi connectivity index (χ2n) is 11.8. The molecular formula is C28H36N2O7. The Morgan fingerprint density at radius 1 is 1.14 bits per heavy atom. The molecule has 3 fully saturated rings. The Hall–Kier alpha value is -2.78. The van der Waals surface area contributed by atoms with Crippen molar-refractivity contribution in [1.29, 1.82) is 0 Å². The van der Waals surface area contributed by atoms with E-state index >= 15 is 0 Å². The number of phenols is 1. The number of aliphatic carboxylic acids is 1. The quantitative estimate of drug-likeness (QED) is 0.406. The number of amides is 1. The number of ether oxygens (including phenoxy) is 1. The predicted molar refractivity (Wildman–Crippen MR) is 134 cm³/mol. The highest BCUT2D eigenvalue weighted by molar-refractivity contribution is 5.98. The van der Waals surface area contributed by atoms with Gasteiger partial charge >= 0.3 is 5.97 Å². The van der Waals surface area contributed by atoms with Gasteiger partial charge in [0.1, 0.15) is 11.3 Å². The lowest BCUT2D eigenvalue weighted by Crippen LogP contribution is -2.76. The average Bonchev–Trinajstić information content (AvgIpc) is 3.38. The molecule has 1 spiro atoms. The molecule has 1 saturated heterocycles. The maximum Gasteiger partial charge on any atom is 0.329 e. The first-order chi connectivity index (χ1) is 17.2. The van der Waals surface area contributed by atoms with Crippen LogP contribution in [0, 0.1) is 5.92 Å². The zero-order chi connectivity index (χ0) is 25.0. The molecule has 1 aromatic rings. The van der Waals surface area contributed by atoms with Crippen molar-refractivity contribution in [2.75, 3.05) is 13.1 Å². The predicted octanol–water partition coefficient (Wildman–Crippen LogP) is 2.53. The number of carbonyl (C=O) groups excluding carboxylic acids is 1. The fourth-order valence-corrected chi connectivity index (χ4v) is 8.03. The van der Waals surface area contributed by atoms with Crippen LogP contribution in [-0.2, 0) is 21.4 Å². The van der Waals surface area contributed by atoms with E-state index < -0.39 is 34.5 Å². The topological polar surface area (TPSA) is 140 Å². The summed E-state index contributed by atoms with van der Waals surface area (Å²) >= 11 is 0. The van der Waals surface area contributed by atoms with E-state index in [0.29, 0.717) is 44.4 Å². The molecule has 37 heavy (non-hydrogen) atoms. The molecular weight excluding hydrogens is 476 g/mol. The summed E-state index contributed by atoms with van der Waals surface area (Å²) in [4.78, 5) is 28.0. The number of hydrogen-bond acceptors (Lipinski definition) is 7. The van der Waals surface area contributed by atoms with Crippen LogP contribution < -0.4 is 10.1 Å². The minimum atomic E-state index is -1.41. The molecule has 6 aliphatic rings. The molecule has 4 atom stereocenters. The Bertz CT molecular complexity index is 1220. The van der Waals surface area contributed by atoms with Gasteiger partial charge in [-0.05, 0) is 62.6 Å². The van der Waals surface area contributed by atoms with Crippen molar-refractivity contribution in [3.63, 3.8) is 0 Å². The molecule has 9 heteroatoms. The first kappa shape index (κ1) is 24.6. The van der Waals surface area contributed by atoms with Crippen LogP contribution in [0.4, 0.5) is 0 Å². The molecule has 9 nitrogen and oxygen atoms in total. The van der Waals surface area contributed by atoms with Crippen LogP contribution in [0.1, 0.15) is 69.9 Å². The third kappa shape index (κ3) is 3.04. The summed E-state index contributed by atoms with van der Waals surface area (Å²) in [6.07, 6.45) is 4.38. The van der Waals surface area contributed by atoms with Gasteiger partial charge in [0, 0.05) is 24.6 Å². The molecule has 2 saturated carbocycles. The van der Waals surface area contributed by atoms with Crippen molar-refractivity contribution in [1.82, 2.24) is 10.2 Å². The molecule has 1 amide bonds. The van der Waals surface area contributed by atoms with Gasteiger partial charge < -0.3 is 30.5 Å². The molecule has 0 unspecified atom stereocenters. The zero-order valence-electron chi connectivity index (χ0n) is 20.1. The van der Waals surface area contributed by atoms with Gasteiger partial charge in [0.05, 0.1) is 16.6 Å². The van der Waals surface area contributed by atoms with E-state index in [1.807, 2.05) is 6.07 Å². The summed E-state index contributed by atoms with van der Waals surface area (Å²) in [7, 11) is 0. The first-order valence-electron chi connectivity index (χ1n) is 13.2. The number of hydrogen-bond donors (Lipinski definition) is 5. The van der Waals surface area contributed by atoms with Crippen molar-refractivity contribution in [2.45, 2.75) is 93.9 Å². The SMILES string of the molecule is C.O=C(NC1(C(=O)O)CCCC1)C1=C(O)[C@@H]2Oc3c(O)ccc4c3[C@@]23CCN(CC2CC2)[C@H](C4)[C@]3(O)C1. The van der Waals surface area contributed by atoms with Gasteiger partial charge in [-0.1, -0.05) is 26.3 Å². The van der Waals surface area contributed by atoms with E-state index in [0.717, 1.165) is 24.2 Å². The normalized spacial score (nSPS) is 34.8. The van der Waals surface area contributed by atoms with Gasteiger partial charge in [0.15, 0.2) is 17.6 Å². The van der Waals surface area contributed by atoms with Gasteiger partial charge in [-0.3, -0.25) is 9.69 Å². The Morgan fingerprint density at radius 2 is 1.86 bits per heavy atom. The van der Waals surface area contributed by atoms with E-state index in [4.69, 9.17) is 4.74 Å². The fraction of sp³-hybridized carbons (Fsp3) is 0.643. The van der Waals surface area contributed by atoms with E-state index in [1.54, 1.807) is 6.07 Å². The molecule has 1 aromatic carbocycles. The lowest BCUT2D eigenvalue weighted by atomic mass is 9.49. The van der Waals surface area contributed by atoms with Gasteiger partial charge in [-0.15, -0.1) is 0 Å². The minimum Gasteiger partial charge on any atom is -0.508 e. The van der Waals surface area contributed by atoms with Crippen molar-refractivity contribution in [3.05, 3.63) is 34.6 Å². The summed E-state index contributed by atoms with van der Waals surface area (Å²) in [6.45, 7) is 1.61. The van der Waals surface area contributed by atoms with Crippen molar-refractivity contribution < 1.29 is 34.8 Å². The van der Waals surface area contributed by atoms with E-state index in [-0.39, 0.29) is 42.7 Å². The summed E-state index contributed by atoms with van der Waals surface area (Å²) in [6, 6.07) is 3.20. The molecule has 5 N–H and O–H groups in total. The second kappa shape index (κ2) is 7.86. The molecule has 2 aliphatic heterocycles. The third-order valence-electron chi connectivity index (χ3n) is 10.0. The van der Waals surface area contributed by atoms with Gasteiger partial charge in [-0.2, -0.15) is 0 Å². The number of phenolic OH excluding ortho intramolecular Hbond substituents is 1. The van der Waals surface area contributed by atoms with Crippen molar-refractivity contribution >= 4 is 11.9 Å². The fourth-order valence-electron chi connectivity index (χ4n) is 8.03. The Kier molecular flexibility index (Phi) is 5.22. The monoisotopic (exact) mass is 512 g/mol. The molecule has 200 valence electrons. The Balaban J connectivity index is 0.00000252. The van der Waals surface area contributed by atoms with Crippen LogP contribution in [0.5, 0.6) is 11.5 Å². The average molecular weight is 513 g/mol. The van der Waals surface area contributed by atoms with E-state index in [2.05, 4.69) is 10.2 Å². The number of aliphatic hydroxyl groups is 2. The minimum absolute atomic E-state index is 0. The summed E-state index contributed by atoms with van der Waals surface area (Å²) < 4.78 is 6.21. The number of likely N-dealkylation sites (tertiary alicyclic amines) is 1. The van der Waals surface area contributed by atoms with E-state index in [1.165, 1.54) is 12.8 Å². The van der Waals surface area contributed by atoms with Crippen LogP contribution in [0.25, 0.3) is 0 Å². The number of aliphatic hydroxyl groups excluding tert-OH is 1. The van der Waals surface area contributed by atoms with Gasteiger partial charge in [-0.25, -0.2) is 4.79 Å². The number of carbonyl (C=O) groups is 2. The third-order valence-corrected chi connectivity index (χ3v) is 10.0.